The molecule has 1 N–H and O–H groups in total. The van der Waals surface area contributed by atoms with Gasteiger partial charge in [0.1, 0.15) is 6.10 Å². The van der Waals surface area contributed by atoms with Crippen LogP contribution >= 0.6 is 0 Å². The number of hydrogen-bond donors (Lipinski definition) is 1. The highest BCUT2D eigenvalue weighted by Crippen LogP contribution is 2.50. The first-order valence-electron chi connectivity index (χ1n) is 8.12. The van der Waals surface area contributed by atoms with Crippen molar-refractivity contribution >= 4 is 15.0 Å². The summed E-state index contributed by atoms with van der Waals surface area (Å²) in [5.41, 5.74) is 1.40. The molecule has 1 saturated heterocycles. The predicted octanol–water partition coefficient (Wildman–Crippen LogP) is 4.14. The van der Waals surface area contributed by atoms with Gasteiger partial charge in [0.25, 0.3) is 0 Å². The van der Waals surface area contributed by atoms with E-state index in [1.807, 2.05) is 6.07 Å². The Hall–Kier alpha value is -1.17. The normalized spacial score (nSPS) is 22.2. The van der Waals surface area contributed by atoms with E-state index in [1.54, 1.807) is 18.2 Å². The Kier molecular flexibility index (Phi) is 5.65. The van der Waals surface area contributed by atoms with E-state index in [4.69, 9.17) is 14.3 Å². The average molecular weight is 335 g/mol. The lowest BCUT2D eigenvalue weighted by molar-refractivity contribution is 0.0696. The number of carboxylic acid groups (broad SMARTS) is 1. The zero-order valence-corrected chi connectivity index (χ0v) is 15.6. The number of benzene rings is 1. The van der Waals surface area contributed by atoms with Crippen molar-refractivity contribution in [2.45, 2.75) is 52.5 Å². The van der Waals surface area contributed by atoms with Gasteiger partial charge in [-0.1, -0.05) is 32.9 Å². The third kappa shape index (κ3) is 4.90. The average Bonchev–Trinajstić information content (AvgIpc) is 3.22. The van der Waals surface area contributed by atoms with Crippen LogP contribution in [0.1, 0.15) is 49.2 Å². The monoisotopic (exact) mass is 335 g/mol. The molecule has 0 aromatic heterocycles. The molecule has 1 aliphatic rings. The van der Waals surface area contributed by atoms with Crippen molar-refractivity contribution in [1.29, 1.82) is 0 Å². The number of carboxylic acids is 1. The maximum absolute atomic E-state index is 11.1. The molecule has 0 aliphatic carbocycles. The van der Waals surface area contributed by atoms with Crippen LogP contribution in [0.5, 0.6) is 0 Å². The van der Waals surface area contributed by atoms with Crippen LogP contribution in [-0.2, 0) is 9.16 Å². The summed E-state index contributed by atoms with van der Waals surface area (Å²) in [5.74, 6) is -0.507. The molecule has 1 radical (unpaired) electrons. The largest absolute Gasteiger partial charge is 0.478 e. The molecule has 23 heavy (non-hydrogen) atoms. The van der Waals surface area contributed by atoms with Crippen LogP contribution < -0.4 is 0 Å². The van der Waals surface area contributed by atoms with Gasteiger partial charge in [0, 0.05) is 6.61 Å². The Balaban J connectivity index is 2.05. The van der Waals surface area contributed by atoms with Crippen molar-refractivity contribution in [3.8, 4) is 0 Å². The maximum Gasteiger partial charge on any atom is 0.335 e. The highest BCUT2D eigenvalue weighted by atomic mass is 28.3. The number of ether oxygens (including phenoxy) is 1. The van der Waals surface area contributed by atoms with E-state index in [1.165, 1.54) is 0 Å². The van der Waals surface area contributed by atoms with Crippen molar-refractivity contribution in [3.63, 3.8) is 0 Å². The summed E-state index contributed by atoms with van der Waals surface area (Å²) in [7, 11) is -0.666. The molecule has 127 valence electrons. The molecule has 1 fully saturated rings. The molecule has 0 amide bonds. The van der Waals surface area contributed by atoms with Crippen molar-refractivity contribution < 1.29 is 19.1 Å². The van der Waals surface area contributed by atoms with Crippen LogP contribution in [0.25, 0.3) is 0 Å². The molecular formula is C18H27O4Si. The second-order valence-electron chi connectivity index (χ2n) is 7.47. The van der Waals surface area contributed by atoms with Crippen LogP contribution in [0, 0.1) is 11.3 Å². The molecule has 1 heterocycles. The van der Waals surface area contributed by atoms with Crippen LogP contribution in [0.3, 0.4) is 0 Å². The summed E-state index contributed by atoms with van der Waals surface area (Å²) in [6.07, 6.45) is 1.12. The maximum atomic E-state index is 11.1. The number of epoxide rings is 1. The Bertz CT molecular complexity index is 550. The Labute approximate surface area is 140 Å². The van der Waals surface area contributed by atoms with E-state index >= 15 is 0 Å². The van der Waals surface area contributed by atoms with Gasteiger partial charge in [-0.3, -0.25) is 0 Å². The van der Waals surface area contributed by atoms with Crippen LogP contribution in [-0.4, -0.2) is 32.8 Å². The second kappa shape index (κ2) is 7.15. The predicted molar refractivity (Wildman–Crippen MR) is 92.0 cm³/mol. The quantitative estimate of drug-likeness (QED) is 0.601. The summed E-state index contributed by atoms with van der Waals surface area (Å²) in [6, 6.07) is 7.08. The molecule has 1 aliphatic heterocycles. The number of rotatable bonds is 7. The van der Waals surface area contributed by atoms with Gasteiger partial charge in [-0.25, -0.2) is 4.79 Å². The lowest BCUT2D eigenvalue weighted by atomic mass is 9.75. The third-order valence-electron chi connectivity index (χ3n) is 4.32. The smallest absolute Gasteiger partial charge is 0.335 e. The fraction of sp³-hybridized carbons (Fsp3) is 0.611. The molecule has 2 rings (SSSR count). The Morgan fingerprint density at radius 2 is 2.09 bits per heavy atom. The molecule has 1 unspecified atom stereocenters. The Morgan fingerprint density at radius 1 is 1.39 bits per heavy atom. The van der Waals surface area contributed by atoms with E-state index < -0.39 is 15.0 Å². The first kappa shape index (κ1) is 18.2. The summed E-state index contributed by atoms with van der Waals surface area (Å²) in [6.45, 7) is 11.7. The van der Waals surface area contributed by atoms with Crippen LogP contribution in [0.4, 0.5) is 0 Å². The van der Waals surface area contributed by atoms with Crippen molar-refractivity contribution in [3.05, 3.63) is 35.4 Å². The summed E-state index contributed by atoms with van der Waals surface area (Å²) < 4.78 is 11.7. The SMILES string of the molecule is C[Si](C)OCCC([C@@H]1O[C@H]1c1cccc(C(=O)O)c1)C(C)(C)C. The standard InChI is InChI=1S/C18H27O4Si/c1-18(2,3)14(9-10-21-23(4)5)16-15(22-16)12-7-6-8-13(11-12)17(19)20/h6-8,11,14-16H,9-10H2,1-5H3,(H,19,20)/t14?,15-,16-/m0/s1. The van der Waals surface area contributed by atoms with E-state index in [0.717, 1.165) is 18.6 Å². The first-order valence-corrected chi connectivity index (χ1v) is 10.5. The lowest BCUT2D eigenvalue weighted by Gasteiger charge is -2.30. The Morgan fingerprint density at radius 3 is 2.65 bits per heavy atom. The minimum absolute atomic E-state index is 0.00607. The lowest BCUT2D eigenvalue weighted by Crippen LogP contribution is -2.28. The van der Waals surface area contributed by atoms with Gasteiger partial charge < -0.3 is 14.3 Å². The molecule has 0 spiro atoms. The van der Waals surface area contributed by atoms with Gasteiger partial charge in [0.05, 0.1) is 11.7 Å². The highest BCUT2D eigenvalue weighted by Gasteiger charge is 2.49. The molecular weight excluding hydrogens is 308 g/mol. The molecule has 0 bridgehead atoms. The molecule has 1 aromatic carbocycles. The van der Waals surface area contributed by atoms with Gasteiger partial charge in [-0.2, -0.15) is 0 Å². The van der Waals surface area contributed by atoms with E-state index in [2.05, 4.69) is 33.9 Å². The van der Waals surface area contributed by atoms with Gasteiger partial charge in [-0.05, 0) is 48.5 Å². The number of aromatic carboxylic acids is 1. The second-order valence-corrected chi connectivity index (χ2v) is 9.57. The molecule has 1 aromatic rings. The van der Waals surface area contributed by atoms with E-state index in [9.17, 15) is 4.79 Å². The highest BCUT2D eigenvalue weighted by molar-refractivity contribution is 6.48. The van der Waals surface area contributed by atoms with Gasteiger partial charge in [-0.15, -0.1) is 0 Å². The topological polar surface area (TPSA) is 59.1 Å². The molecule has 4 nitrogen and oxygen atoms in total. The van der Waals surface area contributed by atoms with Crippen molar-refractivity contribution in [1.82, 2.24) is 0 Å². The van der Waals surface area contributed by atoms with Gasteiger partial charge in [0.2, 0.25) is 9.04 Å². The van der Waals surface area contributed by atoms with E-state index in [0.29, 0.717) is 11.5 Å². The van der Waals surface area contributed by atoms with Crippen molar-refractivity contribution in [2.24, 2.45) is 11.3 Å². The summed E-state index contributed by atoms with van der Waals surface area (Å²) in [5, 5.41) is 9.13. The fourth-order valence-electron chi connectivity index (χ4n) is 3.03. The first-order chi connectivity index (χ1) is 10.7. The number of hydrogen-bond acceptors (Lipinski definition) is 3. The van der Waals surface area contributed by atoms with E-state index in [-0.39, 0.29) is 17.6 Å². The van der Waals surface area contributed by atoms with Crippen molar-refractivity contribution in [2.75, 3.05) is 6.61 Å². The fourth-order valence-corrected chi connectivity index (χ4v) is 3.55. The zero-order chi connectivity index (χ0) is 17.2. The number of carbonyl (C=O) groups is 1. The zero-order valence-electron chi connectivity index (χ0n) is 14.6. The minimum atomic E-state index is -0.898. The summed E-state index contributed by atoms with van der Waals surface area (Å²) >= 11 is 0. The third-order valence-corrected chi connectivity index (χ3v) is 5.10. The minimum Gasteiger partial charge on any atom is -0.478 e. The molecule has 5 heteroatoms. The summed E-state index contributed by atoms with van der Waals surface area (Å²) in [4.78, 5) is 11.1. The molecule has 0 saturated carbocycles. The van der Waals surface area contributed by atoms with Gasteiger partial charge >= 0.3 is 5.97 Å². The van der Waals surface area contributed by atoms with Crippen LogP contribution in [0.15, 0.2) is 24.3 Å². The van der Waals surface area contributed by atoms with Crippen LogP contribution in [0.2, 0.25) is 13.1 Å². The van der Waals surface area contributed by atoms with Gasteiger partial charge in [0.15, 0.2) is 0 Å². The molecule has 3 atom stereocenters.